The Hall–Kier alpha value is -1.02. The smallest absolute Gasteiger partial charge is 1.00 e. The molecular weight excluding hydrogens is 540 g/mol. The van der Waals surface area contributed by atoms with E-state index in [4.69, 9.17) is 0 Å². The Kier molecular flexibility index (Phi) is 12.7. The second-order valence-electron chi connectivity index (χ2n) is 6.34. The number of halogens is 2. The summed E-state index contributed by atoms with van der Waals surface area (Å²) in [5.74, 6) is 1.17. The van der Waals surface area contributed by atoms with Crippen molar-refractivity contribution in [2.24, 2.45) is 0 Å². The molecule has 0 fully saturated rings. The van der Waals surface area contributed by atoms with Gasteiger partial charge in [-0.05, 0) is 37.1 Å². The van der Waals surface area contributed by atoms with Crippen LogP contribution in [-0.2, 0) is 20.4 Å². The van der Waals surface area contributed by atoms with Crippen molar-refractivity contribution in [3.63, 3.8) is 0 Å². The van der Waals surface area contributed by atoms with Crippen LogP contribution in [0.1, 0.15) is 0 Å². The first-order chi connectivity index (χ1) is 13.4. The van der Waals surface area contributed by atoms with Crippen molar-refractivity contribution in [2.75, 3.05) is 5.90 Å². The van der Waals surface area contributed by atoms with Crippen LogP contribution in [-0.4, -0.2) is 5.90 Å². The third kappa shape index (κ3) is 7.01. The van der Waals surface area contributed by atoms with Crippen LogP contribution >= 0.6 is 15.8 Å². The topological polar surface area (TPSA) is 0 Å². The summed E-state index contributed by atoms with van der Waals surface area (Å²) in [6.45, 7) is 0. The van der Waals surface area contributed by atoms with E-state index in [9.17, 15) is 0 Å². The van der Waals surface area contributed by atoms with Gasteiger partial charge in [-0.15, -0.1) is 0 Å². The number of hydrogen-bond donors (Lipinski definition) is 0. The number of hydrogen-bond acceptors (Lipinski definition) is 0. The Morgan fingerprint density at radius 3 is 0.767 bits per heavy atom. The molecule has 5 heteroatoms. The molecule has 0 bridgehead atoms. The molecule has 4 aromatic carbocycles. The molecule has 0 radical (unpaired) electrons. The first-order valence-electron chi connectivity index (χ1n) is 9.17. The van der Waals surface area contributed by atoms with Crippen LogP contribution in [0.3, 0.4) is 0 Å². The van der Waals surface area contributed by atoms with Gasteiger partial charge in [0.05, 0.1) is 0 Å². The fraction of sp³-hybridized carbons (Fsp3) is 0.0400. The van der Waals surface area contributed by atoms with E-state index in [1.165, 1.54) is 27.1 Å². The van der Waals surface area contributed by atoms with Gasteiger partial charge in [-0.2, -0.15) is 0 Å². The van der Waals surface area contributed by atoms with Crippen LogP contribution in [0, 0.1) is 0 Å². The average molecular weight is 562 g/mol. The fourth-order valence-corrected chi connectivity index (χ4v) is 9.67. The van der Waals surface area contributed by atoms with Crippen LogP contribution in [0.2, 0.25) is 0 Å². The Balaban J connectivity index is 0.00000150. The summed E-state index contributed by atoms with van der Waals surface area (Å²) in [7, 11) is -0.817. The van der Waals surface area contributed by atoms with Crippen molar-refractivity contribution in [3.05, 3.63) is 121 Å². The fourth-order valence-electron chi connectivity index (χ4n) is 3.20. The van der Waals surface area contributed by atoms with E-state index in [1.807, 2.05) is 0 Å². The zero-order chi connectivity index (χ0) is 18.3. The summed E-state index contributed by atoms with van der Waals surface area (Å²) < 4.78 is 0. The average Bonchev–Trinajstić information content (AvgIpc) is 2.77. The molecule has 4 aromatic rings. The summed E-state index contributed by atoms with van der Waals surface area (Å²) in [5.41, 5.74) is 0. The Bertz CT molecular complexity index is 795. The molecule has 30 heavy (non-hydrogen) atoms. The maximum atomic E-state index is 2.29. The van der Waals surface area contributed by atoms with Crippen LogP contribution in [0.15, 0.2) is 121 Å². The van der Waals surface area contributed by atoms with Gasteiger partial charge in [0, 0.05) is 5.90 Å². The molecule has 156 valence electrons. The minimum atomic E-state index is -0.409. The van der Waals surface area contributed by atoms with Crippen LogP contribution in [0.5, 0.6) is 0 Å². The monoisotopic (exact) mass is 560 g/mol. The van der Waals surface area contributed by atoms with Gasteiger partial charge in [0.15, 0.2) is 0 Å². The molecule has 0 nitrogen and oxygen atoms in total. The van der Waals surface area contributed by atoms with Crippen molar-refractivity contribution < 1.29 is 45.2 Å². The molecule has 4 rings (SSSR count). The predicted molar refractivity (Wildman–Crippen MR) is 123 cm³/mol. The molecule has 0 N–H and O–H groups in total. The predicted octanol–water partition coefficient (Wildman–Crippen LogP) is -0.785. The normalized spacial score (nSPS) is 9.93. The largest absolute Gasteiger partial charge is 2.00 e. The molecular formula is C25H22Cl2P2Pd. The molecule has 0 heterocycles. The Morgan fingerprint density at radius 1 is 0.367 bits per heavy atom. The standard InChI is InChI=1S/C25H22P2.2ClH.Pd/c1-5-13-22(14-6-1)26(23-15-7-2-8-16-23)21-27(24-17-9-3-10-18-24)25-19-11-4-12-20-25;;;/h1-20H,21H2;2*1H;/q;;;+2/p-2. The van der Waals surface area contributed by atoms with Crippen molar-refractivity contribution in [1.29, 1.82) is 0 Å². The van der Waals surface area contributed by atoms with Gasteiger partial charge >= 0.3 is 20.4 Å². The molecule has 0 amide bonds. The Morgan fingerprint density at radius 2 is 0.567 bits per heavy atom. The van der Waals surface area contributed by atoms with Crippen LogP contribution in [0.25, 0.3) is 0 Å². The number of rotatable bonds is 6. The van der Waals surface area contributed by atoms with Gasteiger partial charge in [-0.25, -0.2) is 0 Å². The first-order valence-corrected chi connectivity index (χ1v) is 12.2. The number of benzene rings is 4. The minimum Gasteiger partial charge on any atom is -1.00 e. The minimum absolute atomic E-state index is 0. The molecule has 0 saturated carbocycles. The van der Waals surface area contributed by atoms with E-state index in [2.05, 4.69) is 121 Å². The van der Waals surface area contributed by atoms with Gasteiger partial charge < -0.3 is 24.8 Å². The zero-order valence-corrected chi connectivity index (χ0v) is 21.1. The van der Waals surface area contributed by atoms with Crippen molar-refractivity contribution >= 4 is 37.1 Å². The Labute approximate surface area is 208 Å². The van der Waals surface area contributed by atoms with E-state index in [-0.39, 0.29) is 45.2 Å². The maximum Gasteiger partial charge on any atom is 2.00 e. The van der Waals surface area contributed by atoms with E-state index < -0.39 is 15.8 Å². The van der Waals surface area contributed by atoms with Crippen LogP contribution < -0.4 is 46.0 Å². The van der Waals surface area contributed by atoms with Crippen LogP contribution in [0.4, 0.5) is 0 Å². The maximum absolute atomic E-state index is 2.29. The first kappa shape index (κ1) is 27.0. The molecule has 0 aliphatic heterocycles. The van der Waals surface area contributed by atoms with Gasteiger partial charge in [-0.3, -0.25) is 0 Å². The van der Waals surface area contributed by atoms with Gasteiger partial charge in [-0.1, -0.05) is 121 Å². The summed E-state index contributed by atoms with van der Waals surface area (Å²) in [4.78, 5) is 0. The van der Waals surface area contributed by atoms with E-state index in [0.29, 0.717) is 0 Å². The molecule has 0 aliphatic rings. The van der Waals surface area contributed by atoms with Gasteiger partial charge in [0.2, 0.25) is 0 Å². The molecule has 0 spiro atoms. The third-order valence-corrected chi connectivity index (χ3v) is 10.5. The summed E-state index contributed by atoms with van der Waals surface area (Å²) in [6, 6.07) is 44.1. The summed E-state index contributed by atoms with van der Waals surface area (Å²) in [5, 5.41) is 5.83. The molecule has 0 atom stereocenters. The second kappa shape index (κ2) is 14.1. The van der Waals surface area contributed by atoms with Gasteiger partial charge in [0.25, 0.3) is 0 Å². The molecule has 0 saturated heterocycles. The van der Waals surface area contributed by atoms with E-state index in [0.717, 1.165) is 0 Å². The quantitative estimate of drug-likeness (QED) is 0.214. The van der Waals surface area contributed by atoms with Gasteiger partial charge in [0.1, 0.15) is 0 Å². The van der Waals surface area contributed by atoms with E-state index >= 15 is 0 Å². The molecule has 0 unspecified atom stereocenters. The zero-order valence-electron chi connectivity index (χ0n) is 16.2. The molecule has 0 aliphatic carbocycles. The molecule has 0 aromatic heterocycles. The van der Waals surface area contributed by atoms with Crippen molar-refractivity contribution in [2.45, 2.75) is 0 Å². The SMILES string of the molecule is [Cl-].[Cl-].[Pd+2].c1ccc(P(CP(c2ccccc2)c2ccccc2)c2ccccc2)cc1. The van der Waals surface area contributed by atoms with E-state index in [1.54, 1.807) is 0 Å². The second-order valence-corrected chi connectivity index (χ2v) is 11.2. The third-order valence-electron chi connectivity index (χ3n) is 4.55. The van der Waals surface area contributed by atoms with Crippen molar-refractivity contribution in [1.82, 2.24) is 0 Å². The van der Waals surface area contributed by atoms with Crippen molar-refractivity contribution in [3.8, 4) is 0 Å². The summed E-state index contributed by atoms with van der Waals surface area (Å²) in [6.07, 6.45) is 0. The summed E-state index contributed by atoms with van der Waals surface area (Å²) >= 11 is 0.